The standard InChI is InChI=1S/C11H12Br2FNO3/c1-11(2,5-12)6-18-10-4-8(14)7(13)3-9(10)15(16)17/h3-4H,5-6H2,1-2H3. The summed E-state index contributed by atoms with van der Waals surface area (Å²) < 4.78 is 18.8. The Morgan fingerprint density at radius 1 is 1.50 bits per heavy atom. The highest BCUT2D eigenvalue weighted by molar-refractivity contribution is 9.10. The average Bonchev–Trinajstić information content (AvgIpc) is 2.30. The second-order valence-corrected chi connectivity index (χ2v) is 5.99. The van der Waals surface area contributed by atoms with Crippen molar-refractivity contribution in [3.63, 3.8) is 0 Å². The predicted molar refractivity (Wildman–Crippen MR) is 73.8 cm³/mol. The van der Waals surface area contributed by atoms with Gasteiger partial charge in [0.2, 0.25) is 0 Å². The number of nitrogens with zero attached hydrogens (tertiary/aromatic N) is 1. The first-order valence-corrected chi connectivity index (χ1v) is 7.00. The molecule has 1 aromatic carbocycles. The Labute approximate surface area is 121 Å². The summed E-state index contributed by atoms with van der Waals surface area (Å²) in [5, 5.41) is 11.5. The number of hydrogen-bond acceptors (Lipinski definition) is 3. The SMILES string of the molecule is CC(C)(CBr)COc1cc(F)c(Br)cc1[N+](=O)[O-]. The molecule has 0 radical (unpaired) electrons. The van der Waals surface area contributed by atoms with Gasteiger partial charge in [0.1, 0.15) is 5.82 Å². The third kappa shape index (κ3) is 3.91. The number of nitro groups is 1. The van der Waals surface area contributed by atoms with E-state index in [1.807, 2.05) is 13.8 Å². The molecule has 0 aliphatic rings. The van der Waals surface area contributed by atoms with E-state index in [1.165, 1.54) is 0 Å². The van der Waals surface area contributed by atoms with Crippen molar-refractivity contribution in [1.29, 1.82) is 0 Å². The van der Waals surface area contributed by atoms with Gasteiger partial charge in [0, 0.05) is 22.9 Å². The topological polar surface area (TPSA) is 52.4 Å². The van der Waals surface area contributed by atoms with Crippen molar-refractivity contribution in [2.45, 2.75) is 13.8 Å². The Hall–Kier alpha value is -0.690. The van der Waals surface area contributed by atoms with Crippen LogP contribution in [-0.4, -0.2) is 16.9 Å². The van der Waals surface area contributed by atoms with Crippen LogP contribution in [0.5, 0.6) is 5.75 Å². The molecule has 0 spiro atoms. The van der Waals surface area contributed by atoms with E-state index in [1.54, 1.807) is 0 Å². The molecule has 100 valence electrons. The smallest absolute Gasteiger partial charge is 0.312 e. The quantitative estimate of drug-likeness (QED) is 0.432. The van der Waals surface area contributed by atoms with Gasteiger partial charge < -0.3 is 4.74 Å². The number of nitro benzene ring substituents is 1. The zero-order valence-corrected chi connectivity index (χ0v) is 13.0. The summed E-state index contributed by atoms with van der Waals surface area (Å²) >= 11 is 6.23. The number of benzene rings is 1. The van der Waals surface area contributed by atoms with E-state index in [2.05, 4.69) is 31.9 Å². The highest BCUT2D eigenvalue weighted by Gasteiger charge is 2.22. The van der Waals surface area contributed by atoms with Crippen molar-refractivity contribution in [1.82, 2.24) is 0 Å². The normalized spacial score (nSPS) is 11.4. The van der Waals surface area contributed by atoms with Crippen LogP contribution in [0.2, 0.25) is 0 Å². The van der Waals surface area contributed by atoms with Gasteiger partial charge in [-0.25, -0.2) is 4.39 Å². The van der Waals surface area contributed by atoms with Crippen molar-refractivity contribution >= 4 is 37.5 Å². The van der Waals surface area contributed by atoms with Crippen LogP contribution in [0.15, 0.2) is 16.6 Å². The number of rotatable bonds is 5. The monoisotopic (exact) mass is 383 g/mol. The zero-order valence-electron chi connectivity index (χ0n) is 9.87. The van der Waals surface area contributed by atoms with Crippen LogP contribution < -0.4 is 4.74 Å². The molecule has 0 heterocycles. The maximum atomic E-state index is 13.4. The van der Waals surface area contributed by atoms with Gasteiger partial charge in [-0.2, -0.15) is 0 Å². The molecule has 4 nitrogen and oxygen atoms in total. The summed E-state index contributed by atoms with van der Waals surface area (Å²) in [4.78, 5) is 10.3. The zero-order chi connectivity index (χ0) is 13.9. The Morgan fingerprint density at radius 2 is 2.11 bits per heavy atom. The summed E-state index contributed by atoms with van der Waals surface area (Å²) in [5.74, 6) is -0.651. The van der Waals surface area contributed by atoms with Crippen LogP contribution in [-0.2, 0) is 0 Å². The van der Waals surface area contributed by atoms with Crippen LogP contribution in [0, 0.1) is 21.3 Å². The van der Waals surface area contributed by atoms with Crippen molar-refractivity contribution in [3.05, 3.63) is 32.5 Å². The molecule has 1 rings (SSSR count). The summed E-state index contributed by atoms with van der Waals surface area (Å²) in [5.41, 5.74) is -0.453. The van der Waals surface area contributed by atoms with Gasteiger partial charge in [-0.3, -0.25) is 10.1 Å². The molecule has 0 saturated carbocycles. The second kappa shape index (κ2) is 5.97. The Balaban J connectivity index is 3.01. The molecule has 18 heavy (non-hydrogen) atoms. The van der Waals surface area contributed by atoms with Gasteiger partial charge in [-0.05, 0) is 15.9 Å². The fraction of sp³-hybridized carbons (Fsp3) is 0.455. The molecule has 0 N–H and O–H groups in total. The van der Waals surface area contributed by atoms with Crippen molar-refractivity contribution in [2.24, 2.45) is 5.41 Å². The van der Waals surface area contributed by atoms with Gasteiger partial charge in [0.05, 0.1) is 16.0 Å². The molecular weight excluding hydrogens is 373 g/mol. The molecule has 0 bridgehead atoms. The van der Waals surface area contributed by atoms with Crippen LogP contribution in [0.4, 0.5) is 10.1 Å². The van der Waals surface area contributed by atoms with Gasteiger partial charge in [0.15, 0.2) is 5.75 Å². The highest BCUT2D eigenvalue weighted by Crippen LogP contribution is 2.33. The maximum Gasteiger partial charge on any atom is 0.312 e. The Morgan fingerprint density at radius 3 is 2.61 bits per heavy atom. The number of ether oxygens (including phenoxy) is 1. The molecule has 7 heteroatoms. The summed E-state index contributed by atoms with van der Waals surface area (Å²) in [6.07, 6.45) is 0. The third-order valence-corrected chi connectivity index (χ3v) is 4.30. The summed E-state index contributed by atoms with van der Waals surface area (Å²) in [6.45, 7) is 4.12. The van der Waals surface area contributed by atoms with Crippen LogP contribution >= 0.6 is 31.9 Å². The van der Waals surface area contributed by atoms with Crippen LogP contribution in [0.3, 0.4) is 0 Å². The van der Waals surface area contributed by atoms with Crippen molar-refractivity contribution < 1.29 is 14.1 Å². The molecule has 0 atom stereocenters. The van der Waals surface area contributed by atoms with Crippen LogP contribution in [0.25, 0.3) is 0 Å². The Bertz CT molecular complexity index is 466. The minimum Gasteiger partial charge on any atom is -0.486 e. The largest absolute Gasteiger partial charge is 0.486 e. The minimum absolute atomic E-state index is 0.0429. The molecule has 0 saturated heterocycles. The van der Waals surface area contributed by atoms with E-state index in [9.17, 15) is 14.5 Å². The number of alkyl halides is 1. The molecule has 0 aromatic heterocycles. The van der Waals surface area contributed by atoms with E-state index in [0.29, 0.717) is 5.33 Å². The molecule has 0 amide bonds. The lowest BCUT2D eigenvalue weighted by Crippen LogP contribution is -2.23. The maximum absolute atomic E-state index is 13.4. The molecule has 0 fully saturated rings. The van der Waals surface area contributed by atoms with Gasteiger partial charge in [-0.15, -0.1) is 0 Å². The second-order valence-electron chi connectivity index (χ2n) is 4.58. The summed E-state index contributed by atoms with van der Waals surface area (Å²) in [7, 11) is 0. The van der Waals surface area contributed by atoms with E-state index < -0.39 is 10.7 Å². The Kier molecular flexibility index (Phi) is 5.10. The lowest BCUT2D eigenvalue weighted by atomic mass is 9.98. The molecule has 1 aromatic rings. The fourth-order valence-corrected chi connectivity index (χ4v) is 1.58. The van der Waals surface area contributed by atoms with E-state index in [4.69, 9.17) is 4.74 Å². The first kappa shape index (κ1) is 15.4. The van der Waals surface area contributed by atoms with Gasteiger partial charge >= 0.3 is 5.69 Å². The average molecular weight is 385 g/mol. The lowest BCUT2D eigenvalue weighted by Gasteiger charge is -2.21. The summed E-state index contributed by atoms with van der Waals surface area (Å²) in [6, 6.07) is 2.12. The van der Waals surface area contributed by atoms with Gasteiger partial charge in [-0.1, -0.05) is 29.8 Å². The van der Waals surface area contributed by atoms with E-state index >= 15 is 0 Å². The third-order valence-electron chi connectivity index (χ3n) is 2.18. The lowest BCUT2D eigenvalue weighted by molar-refractivity contribution is -0.386. The molecule has 0 unspecified atom stereocenters. The minimum atomic E-state index is -0.597. The highest BCUT2D eigenvalue weighted by atomic mass is 79.9. The van der Waals surface area contributed by atoms with E-state index in [0.717, 1.165) is 12.1 Å². The van der Waals surface area contributed by atoms with Crippen molar-refractivity contribution in [3.8, 4) is 5.75 Å². The van der Waals surface area contributed by atoms with E-state index in [-0.39, 0.29) is 27.9 Å². The first-order valence-electron chi connectivity index (χ1n) is 5.09. The number of halogens is 3. The van der Waals surface area contributed by atoms with Crippen LogP contribution in [0.1, 0.15) is 13.8 Å². The molecular formula is C11H12Br2FNO3. The van der Waals surface area contributed by atoms with Crippen molar-refractivity contribution in [2.75, 3.05) is 11.9 Å². The molecule has 0 aliphatic carbocycles. The molecule has 0 aliphatic heterocycles. The predicted octanol–water partition coefficient (Wildman–Crippen LogP) is 4.30. The fourth-order valence-electron chi connectivity index (χ4n) is 1.09. The van der Waals surface area contributed by atoms with Gasteiger partial charge in [0.25, 0.3) is 0 Å². The number of hydrogen-bond donors (Lipinski definition) is 0. The first-order chi connectivity index (χ1) is 8.26.